The zero-order chi connectivity index (χ0) is 15.1. The van der Waals surface area contributed by atoms with E-state index in [1.807, 2.05) is 30.3 Å². The molecule has 2 rings (SSSR count). The number of benzene rings is 2. The summed E-state index contributed by atoms with van der Waals surface area (Å²) in [7, 11) is 0. The third-order valence-electron chi connectivity index (χ3n) is 2.71. The van der Waals surface area contributed by atoms with Gasteiger partial charge in [0.15, 0.2) is 6.61 Å². The molecule has 5 nitrogen and oxygen atoms in total. The molecule has 1 amide bonds. The molecule has 0 bridgehead atoms. The fraction of sp³-hybridized carbons (Fsp3) is 0.125. The van der Waals surface area contributed by atoms with Gasteiger partial charge >= 0.3 is 5.97 Å². The van der Waals surface area contributed by atoms with Gasteiger partial charge in [0.05, 0.1) is 6.42 Å². The highest BCUT2D eigenvalue weighted by molar-refractivity contribution is 5.92. The quantitative estimate of drug-likeness (QED) is 0.854. The topological polar surface area (TPSA) is 75.6 Å². The van der Waals surface area contributed by atoms with Gasteiger partial charge in [0.1, 0.15) is 5.75 Å². The lowest BCUT2D eigenvalue weighted by atomic mass is 10.1. The Hall–Kier alpha value is -2.82. The van der Waals surface area contributed by atoms with E-state index in [4.69, 9.17) is 9.84 Å². The fourth-order valence-electron chi connectivity index (χ4n) is 1.77. The summed E-state index contributed by atoms with van der Waals surface area (Å²) in [6.45, 7) is -0.389. The number of ether oxygens (including phenoxy) is 1. The van der Waals surface area contributed by atoms with Gasteiger partial charge in [0, 0.05) is 5.69 Å². The molecule has 0 aliphatic carbocycles. The van der Waals surface area contributed by atoms with Crippen molar-refractivity contribution in [2.24, 2.45) is 0 Å². The molecule has 0 saturated carbocycles. The lowest BCUT2D eigenvalue weighted by Gasteiger charge is -2.07. The second kappa shape index (κ2) is 7.09. The number of nitrogens with one attached hydrogen (secondary N) is 1. The molecule has 0 saturated heterocycles. The van der Waals surface area contributed by atoms with Crippen LogP contribution in [0.1, 0.15) is 5.56 Å². The van der Waals surface area contributed by atoms with Crippen molar-refractivity contribution in [2.75, 3.05) is 11.9 Å². The van der Waals surface area contributed by atoms with Gasteiger partial charge in [-0.05, 0) is 29.8 Å². The van der Waals surface area contributed by atoms with Gasteiger partial charge < -0.3 is 15.2 Å². The number of amides is 1. The van der Waals surface area contributed by atoms with Crippen molar-refractivity contribution in [2.45, 2.75) is 6.42 Å². The summed E-state index contributed by atoms with van der Waals surface area (Å²) in [5, 5.41) is 11.3. The Bertz CT molecular complexity index is 608. The van der Waals surface area contributed by atoms with Gasteiger partial charge in [0.2, 0.25) is 5.91 Å². The van der Waals surface area contributed by atoms with E-state index in [-0.39, 0.29) is 12.5 Å². The molecule has 0 aliphatic rings. The first-order valence-electron chi connectivity index (χ1n) is 6.42. The molecule has 0 aliphatic heterocycles. The Balaban J connectivity index is 1.88. The van der Waals surface area contributed by atoms with Crippen LogP contribution in [0.5, 0.6) is 5.75 Å². The van der Waals surface area contributed by atoms with Crippen LogP contribution in [0.25, 0.3) is 0 Å². The van der Waals surface area contributed by atoms with E-state index in [1.165, 1.54) is 0 Å². The van der Waals surface area contributed by atoms with Crippen molar-refractivity contribution >= 4 is 17.6 Å². The molecule has 2 aromatic rings. The number of hydrogen-bond donors (Lipinski definition) is 2. The monoisotopic (exact) mass is 285 g/mol. The predicted octanol–water partition coefficient (Wildman–Crippen LogP) is 2.33. The molecule has 21 heavy (non-hydrogen) atoms. The summed E-state index contributed by atoms with van der Waals surface area (Å²) in [6, 6.07) is 16.0. The molecule has 2 N–H and O–H groups in total. The van der Waals surface area contributed by atoms with E-state index in [2.05, 4.69) is 5.32 Å². The normalized spacial score (nSPS) is 9.90. The maximum atomic E-state index is 11.9. The van der Waals surface area contributed by atoms with E-state index < -0.39 is 5.97 Å². The zero-order valence-electron chi connectivity index (χ0n) is 11.3. The van der Waals surface area contributed by atoms with Gasteiger partial charge in [-0.1, -0.05) is 30.3 Å². The van der Waals surface area contributed by atoms with Crippen LogP contribution in [0.4, 0.5) is 5.69 Å². The van der Waals surface area contributed by atoms with Gasteiger partial charge in [-0.2, -0.15) is 0 Å². The Kier molecular flexibility index (Phi) is 4.93. The molecule has 0 heterocycles. The van der Waals surface area contributed by atoms with E-state index in [1.54, 1.807) is 24.3 Å². The lowest BCUT2D eigenvalue weighted by Crippen LogP contribution is -2.14. The molecular formula is C16H15NO4. The fourth-order valence-corrected chi connectivity index (χ4v) is 1.77. The number of carbonyl (C=O) groups excluding carboxylic acids is 1. The zero-order valence-corrected chi connectivity index (χ0v) is 11.3. The van der Waals surface area contributed by atoms with Crippen LogP contribution in [-0.4, -0.2) is 23.6 Å². The third kappa shape index (κ3) is 4.99. The van der Waals surface area contributed by atoms with Crippen molar-refractivity contribution in [3.05, 3.63) is 60.2 Å². The minimum absolute atomic E-state index is 0.111. The number of aliphatic carboxylic acids is 1. The standard InChI is InChI=1S/C16H15NO4/c18-15(10-12-4-2-1-3-5-12)17-13-6-8-14(9-7-13)21-11-16(19)20/h1-9H,10-11H2,(H,17,18)(H,19,20). The number of carbonyl (C=O) groups is 2. The Morgan fingerprint density at radius 3 is 2.29 bits per heavy atom. The van der Waals surface area contributed by atoms with Crippen molar-refractivity contribution < 1.29 is 19.4 Å². The van der Waals surface area contributed by atoms with Crippen molar-refractivity contribution in [3.8, 4) is 5.75 Å². The second-order valence-corrected chi connectivity index (χ2v) is 4.42. The van der Waals surface area contributed by atoms with Crippen molar-refractivity contribution in [3.63, 3.8) is 0 Å². The highest BCUT2D eigenvalue weighted by Gasteiger charge is 2.04. The maximum Gasteiger partial charge on any atom is 0.341 e. The molecule has 0 fully saturated rings. The van der Waals surface area contributed by atoms with Crippen molar-refractivity contribution in [1.29, 1.82) is 0 Å². The molecule has 0 radical (unpaired) electrons. The van der Waals surface area contributed by atoms with Gasteiger partial charge in [-0.3, -0.25) is 4.79 Å². The molecular weight excluding hydrogens is 270 g/mol. The molecule has 5 heteroatoms. The summed E-state index contributed by atoms with van der Waals surface area (Å²) >= 11 is 0. The summed E-state index contributed by atoms with van der Waals surface area (Å²) in [5.41, 5.74) is 1.58. The second-order valence-electron chi connectivity index (χ2n) is 4.42. The van der Waals surface area contributed by atoms with E-state index in [9.17, 15) is 9.59 Å². The van der Waals surface area contributed by atoms with Crippen molar-refractivity contribution in [1.82, 2.24) is 0 Å². The van der Waals surface area contributed by atoms with Crippen LogP contribution in [0.2, 0.25) is 0 Å². The molecule has 0 aromatic heterocycles. The lowest BCUT2D eigenvalue weighted by molar-refractivity contribution is -0.139. The number of rotatable bonds is 6. The summed E-state index contributed by atoms with van der Waals surface area (Å²) in [5.74, 6) is -0.700. The molecule has 0 atom stereocenters. The third-order valence-corrected chi connectivity index (χ3v) is 2.71. The van der Waals surface area contributed by atoms with Gasteiger partial charge in [0.25, 0.3) is 0 Å². The SMILES string of the molecule is O=C(O)COc1ccc(NC(=O)Cc2ccccc2)cc1. The number of hydrogen-bond acceptors (Lipinski definition) is 3. The highest BCUT2D eigenvalue weighted by atomic mass is 16.5. The first-order chi connectivity index (χ1) is 10.1. The van der Waals surface area contributed by atoms with E-state index in [0.717, 1.165) is 5.56 Å². The van der Waals surface area contributed by atoms with Crippen LogP contribution in [0.15, 0.2) is 54.6 Å². The Morgan fingerprint density at radius 2 is 1.67 bits per heavy atom. The molecule has 0 spiro atoms. The minimum atomic E-state index is -1.03. The molecule has 0 unspecified atom stereocenters. The summed E-state index contributed by atoms with van der Waals surface area (Å²) in [6.07, 6.45) is 0.304. The maximum absolute atomic E-state index is 11.9. The van der Waals surface area contributed by atoms with Crippen LogP contribution in [0, 0.1) is 0 Å². The number of carboxylic acids is 1. The smallest absolute Gasteiger partial charge is 0.341 e. The summed E-state index contributed by atoms with van der Waals surface area (Å²) < 4.78 is 5.01. The van der Waals surface area contributed by atoms with Crippen LogP contribution < -0.4 is 10.1 Å². The van der Waals surface area contributed by atoms with Crippen LogP contribution >= 0.6 is 0 Å². The van der Waals surface area contributed by atoms with Crippen LogP contribution in [-0.2, 0) is 16.0 Å². The Labute approximate surface area is 122 Å². The molecule has 2 aromatic carbocycles. The average molecular weight is 285 g/mol. The number of carboxylic acid groups (broad SMARTS) is 1. The van der Waals surface area contributed by atoms with E-state index in [0.29, 0.717) is 17.9 Å². The predicted molar refractivity (Wildman–Crippen MR) is 78.3 cm³/mol. The average Bonchev–Trinajstić information content (AvgIpc) is 2.47. The summed E-state index contributed by atoms with van der Waals surface area (Å²) in [4.78, 5) is 22.2. The van der Waals surface area contributed by atoms with Crippen LogP contribution in [0.3, 0.4) is 0 Å². The van der Waals surface area contributed by atoms with Gasteiger partial charge in [-0.15, -0.1) is 0 Å². The highest BCUT2D eigenvalue weighted by Crippen LogP contribution is 2.16. The number of anilines is 1. The van der Waals surface area contributed by atoms with Gasteiger partial charge in [-0.25, -0.2) is 4.79 Å². The van der Waals surface area contributed by atoms with E-state index >= 15 is 0 Å². The first-order valence-corrected chi connectivity index (χ1v) is 6.42. The largest absolute Gasteiger partial charge is 0.482 e. The molecule has 108 valence electrons. The Morgan fingerprint density at radius 1 is 1.00 bits per heavy atom. The minimum Gasteiger partial charge on any atom is -0.482 e. The first kappa shape index (κ1) is 14.6.